The van der Waals surface area contributed by atoms with Gasteiger partial charge in [0.05, 0.1) is 6.61 Å². The molecule has 0 saturated heterocycles. The molecule has 0 aliphatic heterocycles. The Balaban J connectivity index is 2.34. The van der Waals surface area contributed by atoms with Crippen LogP contribution >= 0.6 is 0 Å². The van der Waals surface area contributed by atoms with Crippen molar-refractivity contribution in [3.63, 3.8) is 0 Å². The normalized spacial score (nSPS) is 9.67. The highest BCUT2D eigenvalue weighted by molar-refractivity contribution is 5.96. The van der Waals surface area contributed by atoms with Crippen molar-refractivity contribution >= 4 is 11.8 Å². The molecule has 1 rings (SSSR count). The van der Waals surface area contributed by atoms with Gasteiger partial charge in [-0.1, -0.05) is 30.3 Å². The molecule has 0 amide bonds. The smallest absolute Gasteiger partial charge is 0.305 e. The first-order valence-electron chi connectivity index (χ1n) is 4.77. The highest BCUT2D eigenvalue weighted by Crippen LogP contribution is 2.03. The number of ketones is 1. The Morgan fingerprint density at radius 1 is 1.20 bits per heavy atom. The maximum absolute atomic E-state index is 11.5. The molecule has 0 aliphatic carbocycles. The molecule has 3 heteroatoms. The van der Waals surface area contributed by atoms with Gasteiger partial charge in [-0.3, -0.25) is 9.59 Å². The number of carbonyl (C=O) groups excluding carboxylic acids is 2. The van der Waals surface area contributed by atoms with Crippen molar-refractivity contribution < 1.29 is 14.3 Å². The van der Waals surface area contributed by atoms with E-state index in [0.29, 0.717) is 5.56 Å². The van der Waals surface area contributed by atoms with Crippen molar-refractivity contribution in [1.82, 2.24) is 0 Å². The van der Waals surface area contributed by atoms with E-state index >= 15 is 0 Å². The largest absolute Gasteiger partial charge is 0.465 e. The molecule has 0 spiro atoms. The Morgan fingerprint density at radius 3 is 2.47 bits per heavy atom. The minimum atomic E-state index is -0.379. The maximum Gasteiger partial charge on any atom is 0.305 e. The summed E-state index contributed by atoms with van der Waals surface area (Å²) >= 11 is 0. The fraction of sp³-hybridized carbons (Fsp3) is 0.250. The number of ether oxygens (including phenoxy) is 1. The number of carbonyl (C=O) groups is 2. The second-order valence-corrected chi connectivity index (χ2v) is 3.01. The first kappa shape index (κ1) is 11.4. The van der Waals surface area contributed by atoms with Crippen molar-refractivity contribution in [3.05, 3.63) is 42.8 Å². The summed E-state index contributed by atoms with van der Waals surface area (Å²) in [6.07, 6.45) is 0.315. The standard InChI is InChI=1S/C12H13O3/c1-2-12(14)15-9-8-11(13)10-6-4-3-5-7-10/h3-7H,1-2,8-9H2. The summed E-state index contributed by atoms with van der Waals surface area (Å²) < 4.78 is 4.76. The Morgan fingerprint density at radius 2 is 1.87 bits per heavy atom. The summed E-state index contributed by atoms with van der Waals surface area (Å²) in [5.74, 6) is -0.400. The fourth-order valence-corrected chi connectivity index (χ4v) is 1.10. The van der Waals surface area contributed by atoms with Gasteiger partial charge in [-0.05, 0) is 6.92 Å². The molecule has 3 nitrogen and oxygen atoms in total. The molecule has 0 N–H and O–H groups in total. The zero-order valence-electron chi connectivity index (χ0n) is 8.44. The van der Waals surface area contributed by atoms with Gasteiger partial charge in [-0.2, -0.15) is 0 Å². The molecule has 0 atom stereocenters. The van der Waals surface area contributed by atoms with Gasteiger partial charge in [0, 0.05) is 18.4 Å². The molecule has 15 heavy (non-hydrogen) atoms. The van der Waals surface area contributed by atoms with E-state index in [2.05, 4.69) is 6.92 Å². The van der Waals surface area contributed by atoms with Crippen LogP contribution < -0.4 is 0 Å². The van der Waals surface area contributed by atoms with Crippen molar-refractivity contribution in [2.45, 2.75) is 12.8 Å². The topological polar surface area (TPSA) is 43.4 Å². The fourth-order valence-electron chi connectivity index (χ4n) is 1.10. The highest BCUT2D eigenvalue weighted by atomic mass is 16.5. The van der Waals surface area contributed by atoms with Crippen molar-refractivity contribution in [1.29, 1.82) is 0 Å². The number of esters is 1. The van der Waals surface area contributed by atoms with Crippen LogP contribution in [0.2, 0.25) is 0 Å². The number of hydrogen-bond donors (Lipinski definition) is 0. The van der Waals surface area contributed by atoms with Crippen LogP contribution in [0.3, 0.4) is 0 Å². The van der Waals surface area contributed by atoms with Gasteiger partial charge in [-0.15, -0.1) is 0 Å². The molecule has 1 radical (unpaired) electrons. The lowest BCUT2D eigenvalue weighted by molar-refractivity contribution is -0.142. The molecule has 79 valence electrons. The van der Waals surface area contributed by atoms with Crippen LogP contribution in [0.1, 0.15) is 23.2 Å². The van der Waals surface area contributed by atoms with Crippen LogP contribution in [0.15, 0.2) is 30.3 Å². The quantitative estimate of drug-likeness (QED) is 0.545. The first-order valence-corrected chi connectivity index (χ1v) is 4.77. The summed E-state index contributed by atoms with van der Waals surface area (Å²) in [4.78, 5) is 22.2. The lowest BCUT2D eigenvalue weighted by Crippen LogP contribution is -2.08. The van der Waals surface area contributed by atoms with E-state index in [-0.39, 0.29) is 31.2 Å². The second kappa shape index (κ2) is 5.96. The van der Waals surface area contributed by atoms with Gasteiger partial charge >= 0.3 is 5.97 Å². The summed E-state index contributed by atoms with van der Waals surface area (Å²) in [5.41, 5.74) is 0.642. The zero-order valence-corrected chi connectivity index (χ0v) is 8.44. The molecule has 0 fully saturated rings. The summed E-state index contributed by atoms with van der Waals surface area (Å²) in [6.45, 7) is 3.51. The zero-order chi connectivity index (χ0) is 11.1. The lowest BCUT2D eigenvalue weighted by atomic mass is 10.1. The van der Waals surface area contributed by atoms with Gasteiger partial charge < -0.3 is 4.74 Å². The first-order chi connectivity index (χ1) is 7.24. The van der Waals surface area contributed by atoms with E-state index in [4.69, 9.17) is 4.74 Å². The van der Waals surface area contributed by atoms with Gasteiger partial charge in [0.2, 0.25) is 0 Å². The van der Waals surface area contributed by atoms with Crippen LogP contribution in [0.4, 0.5) is 0 Å². The van der Waals surface area contributed by atoms with Crippen LogP contribution in [-0.2, 0) is 9.53 Å². The van der Waals surface area contributed by atoms with E-state index < -0.39 is 0 Å². The summed E-state index contributed by atoms with van der Waals surface area (Å²) in [7, 11) is 0. The third-order valence-corrected chi connectivity index (χ3v) is 1.89. The predicted octanol–water partition coefficient (Wildman–Crippen LogP) is 2.03. The second-order valence-electron chi connectivity index (χ2n) is 3.01. The monoisotopic (exact) mass is 205 g/mol. The Labute approximate surface area is 89.1 Å². The SMILES string of the molecule is [CH2]CC(=O)OCCC(=O)c1ccccc1. The Kier molecular flexibility index (Phi) is 4.54. The highest BCUT2D eigenvalue weighted by Gasteiger charge is 2.06. The van der Waals surface area contributed by atoms with Crippen LogP contribution in [-0.4, -0.2) is 18.4 Å². The van der Waals surface area contributed by atoms with Crippen molar-refractivity contribution in [2.75, 3.05) is 6.61 Å². The van der Waals surface area contributed by atoms with Crippen molar-refractivity contribution in [2.24, 2.45) is 0 Å². The molecule has 0 aliphatic rings. The van der Waals surface area contributed by atoms with Gasteiger partial charge in [0.15, 0.2) is 5.78 Å². The van der Waals surface area contributed by atoms with E-state index in [9.17, 15) is 9.59 Å². The molecule has 0 aromatic heterocycles. The number of hydrogen-bond acceptors (Lipinski definition) is 3. The molecule has 0 heterocycles. The number of rotatable bonds is 5. The van der Waals surface area contributed by atoms with Crippen molar-refractivity contribution in [3.8, 4) is 0 Å². The molecule has 0 unspecified atom stereocenters. The van der Waals surface area contributed by atoms with Crippen LogP contribution in [0.5, 0.6) is 0 Å². The van der Waals surface area contributed by atoms with E-state index in [1.807, 2.05) is 6.07 Å². The maximum atomic E-state index is 11.5. The minimum Gasteiger partial charge on any atom is -0.465 e. The molecular weight excluding hydrogens is 192 g/mol. The summed E-state index contributed by atoms with van der Waals surface area (Å²) in [6, 6.07) is 8.93. The van der Waals surface area contributed by atoms with E-state index in [0.717, 1.165) is 0 Å². The van der Waals surface area contributed by atoms with Gasteiger partial charge in [0.1, 0.15) is 0 Å². The minimum absolute atomic E-state index is 0.0209. The Bertz CT molecular complexity index is 330. The average molecular weight is 205 g/mol. The van der Waals surface area contributed by atoms with E-state index in [1.54, 1.807) is 24.3 Å². The van der Waals surface area contributed by atoms with E-state index in [1.165, 1.54) is 0 Å². The Hall–Kier alpha value is -1.64. The van der Waals surface area contributed by atoms with Gasteiger partial charge in [-0.25, -0.2) is 0 Å². The molecular formula is C12H13O3. The third kappa shape index (κ3) is 3.94. The average Bonchev–Trinajstić information content (AvgIpc) is 2.29. The predicted molar refractivity (Wildman–Crippen MR) is 56.3 cm³/mol. The molecule has 1 aromatic carbocycles. The third-order valence-electron chi connectivity index (χ3n) is 1.89. The molecule has 0 saturated carbocycles. The van der Waals surface area contributed by atoms with Gasteiger partial charge in [0.25, 0.3) is 0 Å². The molecule has 0 bridgehead atoms. The summed E-state index contributed by atoms with van der Waals surface area (Å²) in [5, 5.41) is 0. The number of Topliss-reactive ketones (excluding diaryl/α,β-unsaturated/α-hetero) is 1. The van der Waals surface area contributed by atoms with Crippen LogP contribution in [0.25, 0.3) is 0 Å². The number of benzene rings is 1. The van der Waals surface area contributed by atoms with Crippen LogP contribution in [0, 0.1) is 6.92 Å². The lowest BCUT2D eigenvalue weighted by Gasteiger charge is -2.02. The molecule has 1 aromatic rings.